The van der Waals surface area contributed by atoms with Gasteiger partial charge in [-0.05, 0) is 49.4 Å². The lowest BCUT2D eigenvalue weighted by Crippen LogP contribution is -2.15. The molecule has 2 N–H and O–H groups in total. The summed E-state index contributed by atoms with van der Waals surface area (Å²) >= 11 is 0. The Balaban J connectivity index is 1.74. The van der Waals surface area contributed by atoms with Crippen LogP contribution in [0.1, 0.15) is 27.6 Å². The molecule has 0 saturated carbocycles. The molecule has 0 fully saturated rings. The minimum Gasteiger partial charge on any atom is -0.494 e. The molecule has 0 spiro atoms. The van der Waals surface area contributed by atoms with Crippen molar-refractivity contribution in [2.75, 3.05) is 24.4 Å². The predicted molar refractivity (Wildman–Crippen MR) is 111 cm³/mol. The second-order valence-corrected chi connectivity index (χ2v) is 6.04. The van der Waals surface area contributed by atoms with Gasteiger partial charge in [0.05, 0.1) is 42.4 Å². The highest BCUT2D eigenvalue weighted by molar-refractivity contribution is 6.08. The van der Waals surface area contributed by atoms with E-state index in [2.05, 4.69) is 15.6 Å². The molecule has 0 atom stereocenters. The molecular formula is C22H21N3O4. The van der Waals surface area contributed by atoms with Crippen molar-refractivity contribution >= 4 is 28.9 Å². The van der Waals surface area contributed by atoms with Crippen LogP contribution in [0, 0.1) is 0 Å². The number of hydrogen-bond donors (Lipinski definition) is 2. The number of anilines is 3. The Hall–Kier alpha value is -3.87. The van der Waals surface area contributed by atoms with Gasteiger partial charge in [-0.1, -0.05) is 12.1 Å². The lowest BCUT2D eigenvalue weighted by Gasteiger charge is -2.11. The summed E-state index contributed by atoms with van der Waals surface area (Å²) in [7, 11) is 1.29. The number of hydrogen-bond acceptors (Lipinski definition) is 6. The molecule has 0 bridgehead atoms. The van der Waals surface area contributed by atoms with Crippen molar-refractivity contribution in [3.05, 3.63) is 78.1 Å². The van der Waals surface area contributed by atoms with Crippen LogP contribution in [0.4, 0.5) is 17.1 Å². The molecule has 0 aliphatic rings. The quantitative estimate of drug-likeness (QED) is 0.585. The normalized spacial score (nSPS) is 10.1. The minimum absolute atomic E-state index is 0.278. The average molecular weight is 391 g/mol. The topological polar surface area (TPSA) is 89.5 Å². The molecule has 0 aliphatic carbocycles. The second-order valence-electron chi connectivity index (χ2n) is 6.04. The molecule has 1 heterocycles. The maximum Gasteiger partial charge on any atom is 0.339 e. The number of amides is 1. The fourth-order valence-corrected chi connectivity index (χ4v) is 2.67. The number of ether oxygens (including phenoxy) is 2. The maximum atomic E-state index is 12.7. The summed E-state index contributed by atoms with van der Waals surface area (Å²) in [6.07, 6.45) is 3.08. The van der Waals surface area contributed by atoms with Crippen molar-refractivity contribution in [1.29, 1.82) is 0 Å². The first-order chi connectivity index (χ1) is 14.1. The molecule has 0 saturated heterocycles. The summed E-state index contributed by atoms with van der Waals surface area (Å²) < 4.78 is 10.2. The Morgan fingerprint density at radius 2 is 1.76 bits per heavy atom. The molecule has 1 amide bonds. The summed E-state index contributed by atoms with van der Waals surface area (Å²) in [6, 6.07) is 15.8. The second kappa shape index (κ2) is 9.36. The number of para-hydroxylation sites is 1. The van der Waals surface area contributed by atoms with Crippen LogP contribution < -0.4 is 15.4 Å². The van der Waals surface area contributed by atoms with Gasteiger partial charge in [0.15, 0.2) is 0 Å². The molecule has 0 aliphatic heterocycles. The summed E-state index contributed by atoms with van der Waals surface area (Å²) in [5, 5.41) is 5.93. The fraction of sp³-hybridized carbons (Fsp3) is 0.136. The monoisotopic (exact) mass is 391 g/mol. The third kappa shape index (κ3) is 5.10. The number of carbonyl (C=O) groups excluding carboxylic acids is 2. The van der Waals surface area contributed by atoms with Crippen LogP contribution in [0.5, 0.6) is 5.75 Å². The smallest absolute Gasteiger partial charge is 0.339 e. The van der Waals surface area contributed by atoms with Crippen LogP contribution in [-0.2, 0) is 4.74 Å². The Morgan fingerprint density at radius 1 is 1.00 bits per heavy atom. The summed E-state index contributed by atoms with van der Waals surface area (Å²) in [4.78, 5) is 28.6. The summed E-state index contributed by atoms with van der Waals surface area (Å²) in [6.45, 7) is 2.53. The number of aromatic nitrogens is 1. The van der Waals surface area contributed by atoms with E-state index in [4.69, 9.17) is 9.47 Å². The van der Waals surface area contributed by atoms with Gasteiger partial charge >= 0.3 is 5.97 Å². The van der Waals surface area contributed by atoms with Gasteiger partial charge in [0, 0.05) is 11.9 Å². The number of methoxy groups -OCH3 is 1. The van der Waals surface area contributed by atoms with Crippen molar-refractivity contribution in [1.82, 2.24) is 4.98 Å². The largest absolute Gasteiger partial charge is 0.494 e. The zero-order valence-corrected chi connectivity index (χ0v) is 16.1. The van der Waals surface area contributed by atoms with E-state index in [9.17, 15) is 9.59 Å². The first-order valence-corrected chi connectivity index (χ1v) is 9.04. The Kier molecular flexibility index (Phi) is 6.42. The van der Waals surface area contributed by atoms with E-state index in [-0.39, 0.29) is 11.5 Å². The standard InChI is InChI=1S/C22H21N3O4/c1-3-29-18-10-8-16(9-11-18)24-17-12-15(13-23-14-17)21(26)25-20-7-5-4-6-19(20)22(27)28-2/h4-14,24H,3H2,1-2H3,(H,25,26). The molecule has 2 aromatic carbocycles. The number of rotatable bonds is 7. The van der Waals surface area contributed by atoms with Crippen molar-refractivity contribution in [2.24, 2.45) is 0 Å². The zero-order chi connectivity index (χ0) is 20.6. The van der Waals surface area contributed by atoms with E-state index in [1.807, 2.05) is 31.2 Å². The molecule has 7 nitrogen and oxygen atoms in total. The molecule has 0 unspecified atom stereocenters. The SMILES string of the molecule is CCOc1ccc(Nc2cncc(C(=O)Nc3ccccc3C(=O)OC)c2)cc1. The highest BCUT2D eigenvalue weighted by Gasteiger charge is 2.14. The molecule has 0 radical (unpaired) electrons. The summed E-state index contributed by atoms with van der Waals surface area (Å²) in [5.74, 6) is -0.122. The first-order valence-electron chi connectivity index (χ1n) is 9.04. The van der Waals surface area contributed by atoms with Crippen LogP contribution >= 0.6 is 0 Å². The van der Waals surface area contributed by atoms with E-state index in [0.717, 1.165) is 11.4 Å². The van der Waals surface area contributed by atoms with Crippen LogP contribution in [-0.4, -0.2) is 30.6 Å². The molecular weight excluding hydrogens is 370 g/mol. The molecule has 7 heteroatoms. The molecule has 1 aromatic heterocycles. The van der Waals surface area contributed by atoms with E-state index in [1.165, 1.54) is 13.3 Å². The number of nitrogens with zero attached hydrogens (tertiary/aromatic N) is 1. The van der Waals surface area contributed by atoms with Crippen molar-refractivity contribution in [3.63, 3.8) is 0 Å². The highest BCUT2D eigenvalue weighted by atomic mass is 16.5. The number of carbonyl (C=O) groups is 2. The lowest BCUT2D eigenvalue weighted by molar-refractivity contribution is 0.0602. The number of nitrogens with one attached hydrogen (secondary N) is 2. The average Bonchev–Trinajstić information content (AvgIpc) is 2.75. The highest BCUT2D eigenvalue weighted by Crippen LogP contribution is 2.21. The van der Waals surface area contributed by atoms with Crippen molar-refractivity contribution in [2.45, 2.75) is 6.92 Å². The predicted octanol–water partition coefficient (Wildman–Crippen LogP) is 4.26. The van der Waals surface area contributed by atoms with Crippen LogP contribution in [0.3, 0.4) is 0 Å². The molecule has 29 heavy (non-hydrogen) atoms. The van der Waals surface area contributed by atoms with Gasteiger partial charge in [0.2, 0.25) is 0 Å². The van der Waals surface area contributed by atoms with Gasteiger partial charge < -0.3 is 20.1 Å². The maximum absolute atomic E-state index is 12.7. The van der Waals surface area contributed by atoms with Crippen LogP contribution in [0.2, 0.25) is 0 Å². The third-order valence-corrected chi connectivity index (χ3v) is 4.04. The van der Waals surface area contributed by atoms with Gasteiger partial charge in [-0.15, -0.1) is 0 Å². The van der Waals surface area contributed by atoms with Gasteiger partial charge in [-0.3, -0.25) is 9.78 Å². The van der Waals surface area contributed by atoms with E-state index < -0.39 is 5.97 Å². The number of pyridine rings is 1. The van der Waals surface area contributed by atoms with Crippen molar-refractivity contribution < 1.29 is 19.1 Å². The minimum atomic E-state index is -0.523. The van der Waals surface area contributed by atoms with Gasteiger partial charge in [-0.2, -0.15) is 0 Å². The first kappa shape index (κ1) is 19.9. The van der Waals surface area contributed by atoms with Gasteiger partial charge in [0.25, 0.3) is 5.91 Å². The number of esters is 1. The number of benzene rings is 2. The molecule has 148 valence electrons. The Bertz CT molecular complexity index is 1000. The van der Waals surface area contributed by atoms with E-state index in [0.29, 0.717) is 23.5 Å². The fourth-order valence-electron chi connectivity index (χ4n) is 2.67. The zero-order valence-electron chi connectivity index (χ0n) is 16.1. The van der Waals surface area contributed by atoms with Crippen LogP contribution in [0.15, 0.2) is 67.0 Å². The lowest BCUT2D eigenvalue weighted by atomic mass is 10.1. The van der Waals surface area contributed by atoms with Gasteiger partial charge in [0.1, 0.15) is 5.75 Å². The molecule has 3 aromatic rings. The van der Waals surface area contributed by atoms with Gasteiger partial charge in [-0.25, -0.2) is 4.79 Å². The summed E-state index contributed by atoms with van der Waals surface area (Å²) in [5.41, 5.74) is 2.49. The molecule has 3 rings (SSSR count). The third-order valence-electron chi connectivity index (χ3n) is 4.04. The van der Waals surface area contributed by atoms with Crippen molar-refractivity contribution in [3.8, 4) is 5.75 Å². The van der Waals surface area contributed by atoms with E-state index in [1.54, 1.807) is 36.5 Å². The van der Waals surface area contributed by atoms with Crippen LogP contribution in [0.25, 0.3) is 0 Å². The Labute approximate surface area is 168 Å². The van der Waals surface area contributed by atoms with E-state index >= 15 is 0 Å². The Morgan fingerprint density at radius 3 is 2.48 bits per heavy atom.